The smallest absolute Gasteiger partial charge is 0.348 e. The van der Waals surface area contributed by atoms with Crippen LogP contribution in [0.4, 0.5) is 10.1 Å². The Kier molecular flexibility index (Phi) is 4.94. The van der Waals surface area contributed by atoms with Gasteiger partial charge < -0.3 is 10.1 Å². The first-order valence-corrected chi connectivity index (χ1v) is 8.67. The van der Waals surface area contributed by atoms with Crippen LogP contribution in [0.15, 0.2) is 30.3 Å². The van der Waals surface area contributed by atoms with Gasteiger partial charge in [-0.1, -0.05) is 13.0 Å². The van der Waals surface area contributed by atoms with E-state index in [0.717, 1.165) is 19.3 Å². The fourth-order valence-corrected chi connectivity index (χ4v) is 3.87. The van der Waals surface area contributed by atoms with E-state index in [-0.39, 0.29) is 0 Å². The van der Waals surface area contributed by atoms with E-state index in [1.807, 2.05) is 6.07 Å². The van der Waals surface area contributed by atoms with Gasteiger partial charge in [-0.3, -0.25) is 4.79 Å². The van der Waals surface area contributed by atoms with E-state index in [4.69, 9.17) is 4.74 Å². The topological polar surface area (TPSA) is 55.4 Å². The van der Waals surface area contributed by atoms with Gasteiger partial charge >= 0.3 is 5.97 Å². The number of amides is 1. The zero-order valence-electron chi connectivity index (χ0n) is 13.3. The second kappa shape index (κ2) is 7.13. The van der Waals surface area contributed by atoms with E-state index in [0.29, 0.717) is 16.5 Å². The zero-order valence-corrected chi connectivity index (χ0v) is 14.1. The Morgan fingerprint density at radius 3 is 3.00 bits per heavy atom. The number of carbonyl (C=O) groups is 2. The monoisotopic (exact) mass is 347 g/mol. The predicted octanol–water partition coefficient (Wildman–Crippen LogP) is 3.81. The highest BCUT2D eigenvalue weighted by molar-refractivity contribution is 7.14. The van der Waals surface area contributed by atoms with Crippen LogP contribution in [0.25, 0.3) is 0 Å². The molecule has 4 nitrogen and oxygen atoms in total. The molecule has 2 aromatic rings. The van der Waals surface area contributed by atoms with Crippen LogP contribution in [-0.4, -0.2) is 18.5 Å². The maximum absolute atomic E-state index is 13.1. The van der Waals surface area contributed by atoms with E-state index in [1.165, 1.54) is 40.0 Å². The van der Waals surface area contributed by atoms with Crippen molar-refractivity contribution in [3.63, 3.8) is 0 Å². The van der Waals surface area contributed by atoms with Gasteiger partial charge in [-0.05, 0) is 55.0 Å². The van der Waals surface area contributed by atoms with Gasteiger partial charge in [0.05, 0.1) is 0 Å². The number of aryl methyl sites for hydroxylation is 1. The molecule has 1 aliphatic rings. The van der Waals surface area contributed by atoms with Gasteiger partial charge in [-0.15, -0.1) is 11.3 Å². The van der Waals surface area contributed by atoms with E-state index in [1.54, 1.807) is 6.07 Å². The minimum atomic E-state index is -0.496. The lowest BCUT2D eigenvalue weighted by Crippen LogP contribution is -2.20. The number of hydrogen-bond donors (Lipinski definition) is 1. The fraction of sp³-hybridized carbons (Fsp3) is 0.333. The van der Waals surface area contributed by atoms with Crippen molar-refractivity contribution < 1.29 is 18.7 Å². The lowest BCUT2D eigenvalue weighted by atomic mass is 9.90. The molecule has 1 amide bonds. The molecule has 0 radical (unpaired) electrons. The summed E-state index contributed by atoms with van der Waals surface area (Å²) < 4.78 is 18.1. The van der Waals surface area contributed by atoms with Gasteiger partial charge in [0.25, 0.3) is 5.91 Å². The molecule has 1 aliphatic carbocycles. The Morgan fingerprint density at radius 2 is 2.21 bits per heavy atom. The summed E-state index contributed by atoms with van der Waals surface area (Å²) in [7, 11) is 0. The minimum absolute atomic E-state index is 0.330. The molecule has 3 rings (SSSR count). The van der Waals surface area contributed by atoms with Crippen molar-refractivity contribution >= 4 is 28.9 Å². The van der Waals surface area contributed by atoms with Gasteiger partial charge in [-0.25, -0.2) is 9.18 Å². The van der Waals surface area contributed by atoms with Crippen molar-refractivity contribution in [2.24, 2.45) is 5.92 Å². The number of hydrogen-bond acceptors (Lipinski definition) is 4. The summed E-state index contributed by atoms with van der Waals surface area (Å²) in [6, 6.07) is 7.43. The summed E-state index contributed by atoms with van der Waals surface area (Å²) in [5.74, 6) is -0.795. The third-order valence-corrected chi connectivity index (χ3v) is 5.19. The number of nitrogens with one attached hydrogen (secondary N) is 1. The number of fused-ring (bicyclic) bond motifs is 1. The summed E-state index contributed by atoms with van der Waals surface area (Å²) >= 11 is 1.45. The summed E-state index contributed by atoms with van der Waals surface area (Å²) in [4.78, 5) is 25.7. The van der Waals surface area contributed by atoms with Gasteiger partial charge in [0.15, 0.2) is 6.61 Å². The summed E-state index contributed by atoms with van der Waals surface area (Å²) in [6.07, 6.45) is 3.12. The maximum Gasteiger partial charge on any atom is 0.348 e. The quantitative estimate of drug-likeness (QED) is 0.856. The third kappa shape index (κ3) is 4.00. The summed E-state index contributed by atoms with van der Waals surface area (Å²) in [5, 5.41) is 2.49. The Labute approximate surface area is 143 Å². The Hall–Kier alpha value is -2.21. The van der Waals surface area contributed by atoms with Crippen LogP contribution >= 0.6 is 11.3 Å². The molecule has 0 bridgehead atoms. The second-order valence-corrected chi connectivity index (χ2v) is 7.18. The molecule has 24 heavy (non-hydrogen) atoms. The van der Waals surface area contributed by atoms with E-state index < -0.39 is 24.3 Å². The van der Waals surface area contributed by atoms with Crippen LogP contribution in [0.3, 0.4) is 0 Å². The molecule has 0 saturated heterocycles. The molecule has 0 spiro atoms. The number of halogens is 1. The molecule has 1 heterocycles. The largest absolute Gasteiger partial charge is 0.451 e. The molecule has 0 aliphatic heterocycles. The van der Waals surface area contributed by atoms with E-state index in [9.17, 15) is 14.0 Å². The molecule has 1 aromatic heterocycles. The highest BCUT2D eigenvalue weighted by atomic mass is 32.1. The number of benzene rings is 1. The van der Waals surface area contributed by atoms with Gasteiger partial charge in [0.1, 0.15) is 10.7 Å². The van der Waals surface area contributed by atoms with Gasteiger partial charge in [0, 0.05) is 10.6 Å². The van der Waals surface area contributed by atoms with E-state index >= 15 is 0 Å². The van der Waals surface area contributed by atoms with Crippen LogP contribution in [0.5, 0.6) is 0 Å². The molecule has 126 valence electrons. The first kappa shape index (κ1) is 16.6. The minimum Gasteiger partial charge on any atom is -0.451 e. The number of ether oxygens (including phenoxy) is 1. The molecule has 1 aromatic carbocycles. The Morgan fingerprint density at radius 1 is 1.38 bits per heavy atom. The molecule has 6 heteroatoms. The molecule has 0 fully saturated rings. The van der Waals surface area contributed by atoms with Crippen molar-refractivity contribution in [1.82, 2.24) is 0 Å². The zero-order chi connectivity index (χ0) is 17.1. The molecular formula is C18H18FNO3S. The standard InChI is InChI=1S/C18H18FNO3S/c1-11-5-6-15-12(7-11)8-16(24-15)18(22)23-10-17(21)20-14-4-2-3-13(19)9-14/h2-4,8-9,11H,5-7,10H2,1H3,(H,20,21)/t11-/m0/s1. The lowest BCUT2D eigenvalue weighted by molar-refractivity contribution is -0.119. The molecule has 0 saturated carbocycles. The van der Waals surface area contributed by atoms with Crippen LogP contribution in [0, 0.1) is 11.7 Å². The van der Waals surface area contributed by atoms with E-state index in [2.05, 4.69) is 12.2 Å². The predicted molar refractivity (Wildman–Crippen MR) is 90.8 cm³/mol. The highest BCUT2D eigenvalue weighted by Gasteiger charge is 2.21. The molecular weight excluding hydrogens is 329 g/mol. The number of thiophene rings is 1. The third-order valence-electron chi connectivity index (χ3n) is 3.97. The van der Waals surface area contributed by atoms with Crippen LogP contribution in [0.2, 0.25) is 0 Å². The molecule has 1 atom stereocenters. The fourth-order valence-electron chi connectivity index (χ4n) is 2.77. The first-order valence-electron chi connectivity index (χ1n) is 7.85. The first-order chi connectivity index (χ1) is 11.5. The number of anilines is 1. The van der Waals surface area contributed by atoms with Gasteiger partial charge in [0.2, 0.25) is 0 Å². The van der Waals surface area contributed by atoms with Crippen molar-refractivity contribution in [3.05, 3.63) is 51.5 Å². The Balaban J connectivity index is 1.55. The number of rotatable bonds is 4. The highest BCUT2D eigenvalue weighted by Crippen LogP contribution is 2.32. The van der Waals surface area contributed by atoms with Crippen molar-refractivity contribution in [1.29, 1.82) is 0 Å². The summed E-state index contributed by atoms with van der Waals surface area (Å²) in [6.45, 7) is 1.81. The second-order valence-electron chi connectivity index (χ2n) is 6.04. The van der Waals surface area contributed by atoms with Crippen LogP contribution in [0.1, 0.15) is 33.5 Å². The molecule has 0 unspecified atom stereocenters. The van der Waals surface area contributed by atoms with Gasteiger partial charge in [-0.2, -0.15) is 0 Å². The number of carbonyl (C=O) groups excluding carboxylic acids is 2. The van der Waals surface area contributed by atoms with Crippen molar-refractivity contribution in [2.45, 2.75) is 26.2 Å². The average Bonchev–Trinajstić information content (AvgIpc) is 2.95. The summed E-state index contributed by atoms with van der Waals surface area (Å²) in [5.41, 5.74) is 1.55. The van der Waals surface area contributed by atoms with Crippen LogP contribution in [-0.2, 0) is 22.4 Å². The lowest BCUT2D eigenvalue weighted by Gasteiger charge is -2.16. The normalized spacial score (nSPS) is 16.3. The average molecular weight is 347 g/mol. The SMILES string of the molecule is C[C@H]1CCc2sc(C(=O)OCC(=O)Nc3cccc(F)c3)cc2C1. The van der Waals surface area contributed by atoms with Crippen molar-refractivity contribution in [2.75, 3.05) is 11.9 Å². The number of esters is 1. The van der Waals surface area contributed by atoms with Crippen molar-refractivity contribution in [3.8, 4) is 0 Å². The maximum atomic E-state index is 13.1. The van der Waals surface area contributed by atoms with Crippen LogP contribution < -0.4 is 5.32 Å². The molecule has 1 N–H and O–H groups in total. The Bertz CT molecular complexity index is 771.